The molecule has 26 heavy (non-hydrogen) atoms. The van der Waals surface area contributed by atoms with Gasteiger partial charge in [-0.15, -0.1) is 0 Å². The summed E-state index contributed by atoms with van der Waals surface area (Å²) in [6.07, 6.45) is 5.43. The zero-order valence-corrected chi connectivity index (χ0v) is 16.5. The van der Waals surface area contributed by atoms with E-state index in [0.29, 0.717) is 17.5 Å². The minimum absolute atomic E-state index is 0.0418. The van der Waals surface area contributed by atoms with Crippen LogP contribution in [-0.2, 0) is 19.3 Å². The summed E-state index contributed by atoms with van der Waals surface area (Å²) in [6, 6.07) is 9.49. The van der Waals surface area contributed by atoms with Crippen molar-refractivity contribution in [3.63, 3.8) is 0 Å². The molecule has 144 valence electrons. The summed E-state index contributed by atoms with van der Waals surface area (Å²) in [5.41, 5.74) is 0. The molecule has 0 bridgehead atoms. The highest BCUT2D eigenvalue weighted by Crippen LogP contribution is 2.39. The number of hydrogen-bond donors (Lipinski definition) is 0. The normalized spacial score (nSPS) is 34.7. The summed E-state index contributed by atoms with van der Waals surface area (Å²) in [5, 5.41) is 0. The third-order valence-electron chi connectivity index (χ3n) is 6.07. The van der Waals surface area contributed by atoms with Crippen LogP contribution in [0, 0.1) is 0 Å². The van der Waals surface area contributed by atoms with E-state index in [4.69, 9.17) is 9.47 Å². The Hall–Kier alpha value is -0.950. The number of rotatable bonds is 3. The molecule has 3 aliphatic rings. The van der Waals surface area contributed by atoms with Crippen LogP contribution in [0.5, 0.6) is 0 Å². The molecule has 0 amide bonds. The van der Waals surface area contributed by atoms with Gasteiger partial charge in [0.05, 0.1) is 29.4 Å². The van der Waals surface area contributed by atoms with Crippen LogP contribution in [-0.4, -0.2) is 55.7 Å². The molecule has 3 aliphatic heterocycles. The zero-order chi connectivity index (χ0) is 18.4. The smallest absolute Gasteiger partial charge is 0.179 e. The molecule has 0 aliphatic carbocycles. The van der Waals surface area contributed by atoms with E-state index in [1.54, 1.807) is 24.3 Å². The van der Waals surface area contributed by atoms with E-state index in [2.05, 4.69) is 4.90 Å². The minimum atomic E-state index is -3.29. The van der Waals surface area contributed by atoms with E-state index in [9.17, 15) is 8.42 Å². The van der Waals surface area contributed by atoms with Gasteiger partial charge in [-0.3, -0.25) is 4.90 Å². The van der Waals surface area contributed by atoms with Gasteiger partial charge in [-0.25, -0.2) is 8.42 Å². The van der Waals surface area contributed by atoms with Gasteiger partial charge in [0.25, 0.3) is 0 Å². The van der Waals surface area contributed by atoms with Crippen molar-refractivity contribution in [1.29, 1.82) is 0 Å². The highest BCUT2D eigenvalue weighted by Gasteiger charge is 2.48. The van der Waals surface area contributed by atoms with Gasteiger partial charge < -0.3 is 9.47 Å². The number of nitrogens with zero attached hydrogens (tertiary/aromatic N) is 1. The molecule has 6 heteroatoms. The monoisotopic (exact) mass is 379 g/mol. The third kappa shape index (κ3) is 3.57. The first-order valence-electron chi connectivity index (χ1n) is 9.73. The average molecular weight is 380 g/mol. The standard InChI is InChI=1S/C20H29NO4S/c1-20(2)24-13-18-19(25-20)12-11-15-7-6-8-16(21(15)18)14-26(22,23)17-9-4-3-5-10-17/h3-5,9-10,15-16,18-19H,6-8,11-14H2,1-2H3/t15-,16-,18-,19+/m0/s1. The van der Waals surface area contributed by atoms with Crippen molar-refractivity contribution in [2.45, 2.75) is 80.9 Å². The molecule has 5 nitrogen and oxygen atoms in total. The largest absolute Gasteiger partial charge is 0.349 e. The first-order valence-corrected chi connectivity index (χ1v) is 11.4. The summed E-state index contributed by atoms with van der Waals surface area (Å²) in [4.78, 5) is 2.86. The molecule has 0 unspecified atom stereocenters. The van der Waals surface area contributed by atoms with E-state index < -0.39 is 15.6 Å². The quantitative estimate of drug-likeness (QED) is 0.808. The van der Waals surface area contributed by atoms with E-state index in [1.165, 1.54) is 0 Å². The van der Waals surface area contributed by atoms with E-state index in [1.807, 2.05) is 19.9 Å². The lowest BCUT2D eigenvalue weighted by Crippen LogP contribution is -2.66. The zero-order valence-electron chi connectivity index (χ0n) is 15.6. The Balaban J connectivity index is 1.56. The molecule has 0 spiro atoms. The van der Waals surface area contributed by atoms with Crippen molar-refractivity contribution < 1.29 is 17.9 Å². The van der Waals surface area contributed by atoms with Crippen LogP contribution in [0.25, 0.3) is 0 Å². The number of fused-ring (bicyclic) bond motifs is 3. The Morgan fingerprint density at radius 1 is 1.12 bits per heavy atom. The van der Waals surface area contributed by atoms with Crippen LogP contribution in [0.15, 0.2) is 35.2 Å². The van der Waals surface area contributed by atoms with Gasteiger partial charge in [0.15, 0.2) is 15.6 Å². The molecule has 1 aromatic rings. The van der Waals surface area contributed by atoms with Gasteiger partial charge in [-0.2, -0.15) is 0 Å². The Bertz CT molecular complexity index is 733. The fraction of sp³-hybridized carbons (Fsp3) is 0.700. The topological polar surface area (TPSA) is 55.8 Å². The number of sulfone groups is 1. The van der Waals surface area contributed by atoms with Gasteiger partial charge in [0, 0.05) is 12.1 Å². The van der Waals surface area contributed by atoms with Crippen molar-refractivity contribution >= 4 is 9.84 Å². The number of benzene rings is 1. The van der Waals surface area contributed by atoms with E-state index in [-0.39, 0.29) is 23.9 Å². The maximum Gasteiger partial charge on any atom is 0.179 e. The Morgan fingerprint density at radius 2 is 1.88 bits per heavy atom. The summed E-state index contributed by atoms with van der Waals surface area (Å²) >= 11 is 0. The maximum absolute atomic E-state index is 12.9. The van der Waals surface area contributed by atoms with Crippen molar-refractivity contribution in [2.24, 2.45) is 0 Å². The highest BCUT2D eigenvalue weighted by atomic mass is 32.2. The minimum Gasteiger partial charge on any atom is -0.349 e. The fourth-order valence-corrected chi connectivity index (χ4v) is 6.53. The van der Waals surface area contributed by atoms with Crippen LogP contribution in [0.4, 0.5) is 0 Å². The lowest BCUT2D eigenvalue weighted by molar-refractivity contribution is -0.308. The lowest BCUT2D eigenvalue weighted by atomic mass is 9.84. The predicted octanol–water partition coefficient (Wildman–Crippen LogP) is 3.00. The van der Waals surface area contributed by atoms with Crippen LogP contribution in [0.2, 0.25) is 0 Å². The molecule has 1 aromatic carbocycles. The Labute approximate surface area is 156 Å². The van der Waals surface area contributed by atoms with Gasteiger partial charge in [0.1, 0.15) is 0 Å². The second kappa shape index (κ2) is 6.89. The first kappa shape index (κ1) is 18.4. The number of hydrogen-bond acceptors (Lipinski definition) is 5. The molecule has 0 aromatic heterocycles. The van der Waals surface area contributed by atoms with Crippen LogP contribution < -0.4 is 0 Å². The lowest BCUT2D eigenvalue weighted by Gasteiger charge is -2.55. The molecule has 3 fully saturated rings. The summed E-state index contributed by atoms with van der Waals surface area (Å²) in [5.74, 6) is -0.366. The van der Waals surface area contributed by atoms with Crippen molar-refractivity contribution in [2.75, 3.05) is 12.4 Å². The van der Waals surface area contributed by atoms with Crippen LogP contribution in [0.1, 0.15) is 46.0 Å². The number of piperidine rings is 2. The summed E-state index contributed by atoms with van der Waals surface area (Å²) in [7, 11) is -3.29. The van der Waals surface area contributed by atoms with Crippen LogP contribution >= 0.6 is 0 Å². The van der Waals surface area contributed by atoms with Gasteiger partial charge in [-0.05, 0) is 51.7 Å². The molecule has 0 N–H and O–H groups in total. The van der Waals surface area contributed by atoms with E-state index in [0.717, 1.165) is 32.1 Å². The van der Waals surface area contributed by atoms with Gasteiger partial charge in [-0.1, -0.05) is 24.6 Å². The molecule has 3 saturated heterocycles. The van der Waals surface area contributed by atoms with Crippen molar-refractivity contribution in [3.05, 3.63) is 30.3 Å². The molecular weight excluding hydrogens is 350 g/mol. The van der Waals surface area contributed by atoms with Gasteiger partial charge >= 0.3 is 0 Å². The summed E-state index contributed by atoms with van der Waals surface area (Å²) in [6.45, 7) is 4.54. The molecule has 0 saturated carbocycles. The SMILES string of the molecule is CC1(C)OC[C@H]2[C@@H](CC[C@@H]3CCC[C@@H](CS(=O)(=O)c4ccccc4)N32)O1. The Kier molecular flexibility index (Phi) is 4.88. The fourth-order valence-electron chi connectivity index (χ4n) is 4.92. The number of ether oxygens (including phenoxy) is 2. The molecular formula is C20H29NO4S. The Morgan fingerprint density at radius 3 is 2.65 bits per heavy atom. The van der Waals surface area contributed by atoms with Gasteiger partial charge in [0.2, 0.25) is 0 Å². The first-order chi connectivity index (χ1) is 12.4. The molecule has 4 rings (SSSR count). The second-order valence-electron chi connectivity index (χ2n) is 8.29. The summed E-state index contributed by atoms with van der Waals surface area (Å²) < 4.78 is 38.0. The average Bonchev–Trinajstić information content (AvgIpc) is 2.61. The molecule has 3 heterocycles. The molecule has 0 radical (unpaired) electrons. The predicted molar refractivity (Wildman–Crippen MR) is 99.7 cm³/mol. The highest BCUT2D eigenvalue weighted by molar-refractivity contribution is 7.91. The van der Waals surface area contributed by atoms with Crippen LogP contribution in [0.3, 0.4) is 0 Å². The van der Waals surface area contributed by atoms with Crippen molar-refractivity contribution in [3.8, 4) is 0 Å². The maximum atomic E-state index is 12.9. The second-order valence-corrected chi connectivity index (χ2v) is 10.3. The van der Waals surface area contributed by atoms with Crippen molar-refractivity contribution in [1.82, 2.24) is 4.90 Å². The third-order valence-corrected chi connectivity index (χ3v) is 7.88. The van der Waals surface area contributed by atoms with E-state index >= 15 is 0 Å². The molecule has 4 atom stereocenters.